The molecule has 29 heavy (non-hydrogen) atoms. The van der Waals surface area contributed by atoms with Gasteiger partial charge in [0.05, 0.1) is 33.3 Å². The Kier molecular flexibility index (Phi) is 7.21. The van der Waals surface area contributed by atoms with Gasteiger partial charge in [-0.2, -0.15) is 0 Å². The van der Waals surface area contributed by atoms with Gasteiger partial charge in [0.1, 0.15) is 5.82 Å². The van der Waals surface area contributed by atoms with Crippen LogP contribution in [0.1, 0.15) is 19.4 Å². The van der Waals surface area contributed by atoms with Crippen LogP contribution in [0.5, 0.6) is 11.5 Å². The number of hydrogen-bond donors (Lipinski definition) is 0. The number of nitrogens with zero attached hydrogens (tertiary/aromatic N) is 1. The number of rotatable bonds is 6. The molecule has 0 unspecified atom stereocenters. The van der Waals surface area contributed by atoms with Gasteiger partial charge in [0.25, 0.3) is 5.91 Å². The molecule has 0 saturated carbocycles. The number of amides is 1. The van der Waals surface area contributed by atoms with Gasteiger partial charge in [-0.05, 0) is 71.7 Å². The minimum atomic E-state index is -0.556. The van der Waals surface area contributed by atoms with Crippen LogP contribution in [0.3, 0.4) is 0 Å². The summed E-state index contributed by atoms with van der Waals surface area (Å²) in [5, 5.41) is -0.0719. The van der Waals surface area contributed by atoms with E-state index in [0.29, 0.717) is 39.6 Å². The van der Waals surface area contributed by atoms with Gasteiger partial charge >= 0.3 is 0 Å². The Morgan fingerprint density at radius 2 is 1.97 bits per heavy atom. The van der Waals surface area contributed by atoms with E-state index < -0.39 is 5.82 Å². The normalized spacial score (nSPS) is 15.3. The van der Waals surface area contributed by atoms with Crippen LogP contribution < -0.4 is 14.4 Å². The molecule has 2 aromatic rings. The third-order valence-electron chi connectivity index (χ3n) is 3.87. The number of benzene rings is 2. The van der Waals surface area contributed by atoms with Gasteiger partial charge in [-0.3, -0.25) is 9.69 Å². The first-order valence-electron chi connectivity index (χ1n) is 8.67. The molecule has 1 amide bonds. The summed E-state index contributed by atoms with van der Waals surface area (Å²) in [5.41, 5.74) is 1.17. The summed E-state index contributed by atoms with van der Waals surface area (Å²) in [6.45, 7) is 4.75. The highest BCUT2D eigenvalue weighted by molar-refractivity contribution is 9.10. The molecule has 0 radical (unpaired) electrons. The molecule has 152 valence electrons. The van der Waals surface area contributed by atoms with E-state index in [-0.39, 0.29) is 10.9 Å². The molecule has 1 aliphatic rings. The third kappa shape index (κ3) is 4.77. The van der Waals surface area contributed by atoms with Gasteiger partial charge in [-0.15, -0.1) is 0 Å². The zero-order chi connectivity index (χ0) is 21.1. The van der Waals surface area contributed by atoms with Gasteiger partial charge in [0.15, 0.2) is 15.8 Å². The van der Waals surface area contributed by atoms with Crippen LogP contribution in [-0.2, 0) is 4.79 Å². The summed E-state index contributed by atoms with van der Waals surface area (Å²) in [7, 11) is 0. The number of hydrogen-bond acceptors (Lipinski definition) is 5. The molecule has 0 aliphatic carbocycles. The van der Waals surface area contributed by atoms with E-state index in [9.17, 15) is 9.18 Å². The molecule has 9 heteroatoms. The van der Waals surface area contributed by atoms with Crippen molar-refractivity contribution >= 4 is 73.5 Å². The minimum absolute atomic E-state index is 0.0719. The van der Waals surface area contributed by atoms with E-state index in [1.807, 2.05) is 19.9 Å². The Balaban J connectivity index is 1.95. The molecule has 1 fully saturated rings. The highest BCUT2D eigenvalue weighted by atomic mass is 79.9. The Labute approximate surface area is 191 Å². The molecule has 1 heterocycles. The van der Waals surface area contributed by atoms with Crippen LogP contribution in [0, 0.1) is 5.82 Å². The molecule has 0 bridgehead atoms. The van der Waals surface area contributed by atoms with Crippen molar-refractivity contribution in [2.24, 2.45) is 0 Å². The van der Waals surface area contributed by atoms with Crippen LogP contribution in [0.4, 0.5) is 10.1 Å². The standard InChI is InChI=1S/C20H16BrClFNO3S2/c1-3-26-16-8-11(7-13(21)18(16)27-4-2)9-17-19(25)24(20(28)29-17)12-5-6-15(23)14(22)10-12/h5-10H,3-4H2,1-2H3/b17-9+. The number of ether oxygens (including phenoxy) is 2. The number of carbonyl (C=O) groups excluding carboxylic acids is 1. The van der Waals surface area contributed by atoms with Crippen molar-refractivity contribution in [2.45, 2.75) is 13.8 Å². The maximum absolute atomic E-state index is 13.5. The number of carbonyl (C=O) groups is 1. The molecular weight excluding hydrogens is 501 g/mol. The van der Waals surface area contributed by atoms with Crippen molar-refractivity contribution in [1.29, 1.82) is 0 Å². The first kappa shape index (κ1) is 22.1. The van der Waals surface area contributed by atoms with Crippen LogP contribution >= 0.6 is 51.5 Å². The van der Waals surface area contributed by atoms with Crippen molar-refractivity contribution in [3.63, 3.8) is 0 Å². The summed E-state index contributed by atoms with van der Waals surface area (Å²) < 4.78 is 25.8. The Hall–Kier alpha value is -1.61. The van der Waals surface area contributed by atoms with Gasteiger partial charge in [0.2, 0.25) is 0 Å². The fraction of sp³-hybridized carbons (Fsp3) is 0.200. The molecule has 1 saturated heterocycles. The first-order valence-corrected chi connectivity index (χ1v) is 11.1. The number of anilines is 1. The average molecular weight is 517 g/mol. The molecule has 0 N–H and O–H groups in total. The third-order valence-corrected chi connectivity index (χ3v) is 6.05. The Morgan fingerprint density at radius 1 is 1.24 bits per heavy atom. The monoisotopic (exact) mass is 515 g/mol. The summed E-state index contributed by atoms with van der Waals surface area (Å²) in [6, 6.07) is 7.70. The molecule has 2 aromatic carbocycles. The predicted octanol–water partition coefficient (Wildman–Crippen LogP) is 6.44. The number of thiocarbonyl (C=S) groups is 1. The van der Waals surface area contributed by atoms with Crippen LogP contribution in [0.25, 0.3) is 6.08 Å². The zero-order valence-electron chi connectivity index (χ0n) is 15.5. The summed E-state index contributed by atoms with van der Waals surface area (Å²) in [6.07, 6.45) is 1.73. The fourth-order valence-corrected chi connectivity index (χ4v) is 4.73. The summed E-state index contributed by atoms with van der Waals surface area (Å²) in [5.74, 6) is 0.334. The Bertz CT molecular complexity index is 1020. The van der Waals surface area contributed by atoms with E-state index in [1.54, 1.807) is 12.1 Å². The highest BCUT2D eigenvalue weighted by Crippen LogP contribution is 2.40. The van der Waals surface area contributed by atoms with E-state index in [2.05, 4.69) is 15.9 Å². The van der Waals surface area contributed by atoms with Gasteiger partial charge in [-0.25, -0.2) is 4.39 Å². The van der Waals surface area contributed by atoms with Gasteiger partial charge < -0.3 is 9.47 Å². The quantitative estimate of drug-likeness (QED) is 0.326. The highest BCUT2D eigenvalue weighted by Gasteiger charge is 2.33. The molecule has 0 aromatic heterocycles. The van der Waals surface area contributed by atoms with E-state index in [4.69, 9.17) is 33.3 Å². The molecule has 0 atom stereocenters. The minimum Gasteiger partial charge on any atom is -0.490 e. The van der Waals surface area contributed by atoms with Gasteiger partial charge in [0, 0.05) is 0 Å². The lowest BCUT2D eigenvalue weighted by molar-refractivity contribution is -0.113. The van der Waals surface area contributed by atoms with Crippen molar-refractivity contribution in [3.8, 4) is 11.5 Å². The maximum Gasteiger partial charge on any atom is 0.270 e. The van der Waals surface area contributed by atoms with Gasteiger partial charge in [-0.1, -0.05) is 35.6 Å². The van der Waals surface area contributed by atoms with Crippen molar-refractivity contribution in [3.05, 3.63) is 56.1 Å². The number of thioether (sulfide) groups is 1. The fourth-order valence-electron chi connectivity index (χ4n) is 2.68. The lowest BCUT2D eigenvalue weighted by Crippen LogP contribution is -2.27. The van der Waals surface area contributed by atoms with Crippen molar-refractivity contribution in [2.75, 3.05) is 18.1 Å². The molecule has 3 rings (SSSR count). The van der Waals surface area contributed by atoms with Crippen LogP contribution in [0.2, 0.25) is 5.02 Å². The molecular formula is C20H16BrClFNO3S2. The SMILES string of the molecule is CCOc1cc(/C=C2/SC(=S)N(c3ccc(F)c(Cl)c3)C2=O)cc(Br)c1OCC. The van der Waals surface area contributed by atoms with Crippen LogP contribution in [0.15, 0.2) is 39.7 Å². The zero-order valence-corrected chi connectivity index (χ0v) is 19.5. The van der Waals surface area contributed by atoms with Crippen molar-refractivity contribution in [1.82, 2.24) is 0 Å². The summed E-state index contributed by atoms with van der Waals surface area (Å²) >= 11 is 15.9. The molecule has 1 aliphatic heterocycles. The second-order valence-corrected chi connectivity index (χ2v) is 8.75. The first-order chi connectivity index (χ1) is 13.8. The van der Waals surface area contributed by atoms with E-state index in [0.717, 1.165) is 10.0 Å². The lowest BCUT2D eigenvalue weighted by Gasteiger charge is -2.15. The summed E-state index contributed by atoms with van der Waals surface area (Å²) in [4.78, 5) is 14.7. The number of halogens is 3. The van der Waals surface area contributed by atoms with E-state index in [1.165, 1.54) is 34.9 Å². The Morgan fingerprint density at radius 3 is 2.62 bits per heavy atom. The average Bonchev–Trinajstić information content (AvgIpc) is 2.94. The van der Waals surface area contributed by atoms with E-state index >= 15 is 0 Å². The lowest BCUT2D eigenvalue weighted by atomic mass is 10.1. The smallest absolute Gasteiger partial charge is 0.270 e. The van der Waals surface area contributed by atoms with Crippen molar-refractivity contribution < 1.29 is 18.7 Å². The molecule has 4 nitrogen and oxygen atoms in total. The largest absolute Gasteiger partial charge is 0.490 e. The topological polar surface area (TPSA) is 38.8 Å². The maximum atomic E-state index is 13.5. The second kappa shape index (κ2) is 9.47. The second-order valence-electron chi connectivity index (χ2n) is 5.81. The molecule has 0 spiro atoms. The predicted molar refractivity (Wildman–Crippen MR) is 124 cm³/mol. The van der Waals surface area contributed by atoms with Crippen LogP contribution in [-0.4, -0.2) is 23.4 Å².